The number of nitrogens with zero attached hydrogens (tertiary/aromatic N) is 2. The number of likely N-dealkylation sites (tertiary alicyclic amines) is 1. The molecular formula is C21H31N3O3. The third-order valence-electron chi connectivity index (χ3n) is 6.60. The number of amides is 2. The van der Waals surface area contributed by atoms with Gasteiger partial charge < -0.3 is 14.7 Å². The molecule has 1 aromatic heterocycles. The summed E-state index contributed by atoms with van der Waals surface area (Å²) in [6.45, 7) is 5.10. The minimum Gasteiger partial charge on any atom is -0.360 e. The van der Waals surface area contributed by atoms with Crippen LogP contribution in [0.3, 0.4) is 0 Å². The molecule has 1 aliphatic heterocycles. The second kappa shape index (κ2) is 7.64. The number of nitrogens with one attached hydrogen (secondary N) is 1. The molecular weight excluding hydrogens is 342 g/mol. The highest BCUT2D eigenvalue weighted by atomic mass is 16.5. The first-order chi connectivity index (χ1) is 13.0. The average molecular weight is 373 g/mol. The lowest BCUT2D eigenvalue weighted by Gasteiger charge is -2.40. The number of piperidine rings is 1. The van der Waals surface area contributed by atoms with E-state index in [4.69, 9.17) is 4.52 Å². The van der Waals surface area contributed by atoms with E-state index in [-0.39, 0.29) is 23.9 Å². The summed E-state index contributed by atoms with van der Waals surface area (Å²) in [5, 5.41) is 7.00. The van der Waals surface area contributed by atoms with E-state index in [0.717, 1.165) is 69.6 Å². The maximum absolute atomic E-state index is 12.9. The van der Waals surface area contributed by atoms with Gasteiger partial charge in [0.1, 0.15) is 5.76 Å². The van der Waals surface area contributed by atoms with Gasteiger partial charge in [0.25, 0.3) is 5.91 Å². The van der Waals surface area contributed by atoms with Gasteiger partial charge in [0, 0.05) is 36.5 Å². The fourth-order valence-corrected chi connectivity index (χ4v) is 4.59. The molecule has 6 heteroatoms. The number of hydrogen-bond donors (Lipinski definition) is 1. The molecule has 4 rings (SSSR count). The van der Waals surface area contributed by atoms with Crippen molar-refractivity contribution in [2.24, 2.45) is 11.8 Å². The predicted octanol–water partition coefficient (Wildman–Crippen LogP) is 3.49. The van der Waals surface area contributed by atoms with Crippen LogP contribution in [0.25, 0.3) is 0 Å². The van der Waals surface area contributed by atoms with E-state index in [0.29, 0.717) is 17.5 Å². The van der Waals surface area contributed by atoms with Crippen LogP contribution in [-0.4, -0.2) is 40.5 Å². The maximum Gasteiger partial charge on any atom is 0.273 e. The Labute approximate surface area is 161 Å². The Bertz CT molecular complexity index is 689. The second-order valence-electron chi connectivity index (χ2n) is 8.92. The Morgan fingerprint density at radius 3 is 2.52 bits per heavy atom. The van der Waals surface area contributed by atoms with Crippen LogP contribution >= 0.6 is 0 Å². The molecule has 0 aromatic carbocycles. The van der Waals surface area contributed by atoms with Crippen molar-refractivity contribution in [2.75, 3.05) is 6.54 Å². The van der Waals surface area contributed by atoms with Gasteiger partial charge in [-0.25, -0.2) is 0 Å². The molecule has 3 aliphatic rings. The monoisotopic (exact) mass is 373 g/mol. The van der Waals surface area contributed by atoms with Crippen LogP contribution in [0.5, 0.6) is 0 Å². The molecule has 2 atom stereocenters. The summed E-state index contributed by atoms with van der Waals surface area (Å²) in [6.07, 6.45) is 8.24. The maximum atomic E-state index is 12.9. The Kier molecular flexibility index (Phi) is 5.24. The van der Waals surface area contributed by atoms with Gasteiger partial charge in [-0.3, -0.25) is 9.59 Å². The predicted molar refractivity (Wildman–Crippen MR) is 101 cm³/mol. The smallest absolute Gasteiger partial charge is 0.273 e. The number of carbonyl (C=O) groups is 2. The van der Waals surface area contributed by atoms with Crippen molar-refractivity contribution in [3.63, 3.8) is 0 Å². The molecule has 2 heterocycles. The molecule has 0 spiro atoms. The van der Waals surface area contributed by atoms with Gasteiger partial charge in [-0.15, -0.1) is 0 Å². The van der Waals surface area contributed by atoms with Gasteiger partial charge in [0.05, 0.1) is 0 Å². The van der Waals surface area contributed by atoms with Crippen molar-refractivity contribution in [3.8, 4) is 0 Å². The van der Waals surface area contributed by atoms with E-state index in [9.17, 15) is 9.59 Å². The molecule has 1 aromatic rings. The SMILES string of the molecule is CC1CCC(C(=O)N2CC[C@H](NC(=O)c3cc(C4CC4)on3)C[C@H]2C)CC1. The zero-order chi connectivity index (χ0) is 19.0. The van der Waals surface area contributed by atoms with Crippen molar-refractivity contribution < 1.29 is 14.1 Å². The van der Waals surface area contributed by atoms with Crippen molar-refractivity contribution in [1.82, 2.24) is 15.4 Å². The van der Waals surface area contributed by atoms with Gasteiger partial charge in [-0.1, -0.05) is 12.1 Å². The molecule has 0 bridgehead atoms. The molecule has 2 amide bonds. The highest BCUT2D eigenvalue weighted by Crippen LogP contribution is 2.40. The number of rotatable bonds is 4. The van der Waals surface area contributed by atoms with E-state index in [2.05, 4.69) is 24.3 Å². The van der Waals surface area contributed by atoms with Crippen LogP contribution in [0.1, 0.15) is 87.4 Å². The van der Waals surface area contributed by atoms with Crippen molar-refractivity contribution >= 4 is 11.8 Å². The first-order valence-electron chi connectivity index (χ1n) is 10.6. The first kappa shape index (κ1) is 18.5. The lowest BCUT2D eigenvalue weighted by atomic mass is 9.81. The molecule has 3 fully saturated rings. The second-order valence-corrected chi connectivity index (χ2v) is 8.92. The molecule has 0 unspecified atom stereocenters. The molecule has 2 aliphatic carbocycles. The Morgan fingerprint density at radius 1 is 1.11 bits per heavy atom. The van der Waals surface area contributed by atoms with Crippen molar-refractivity contribution in [3.05, 3.63) is 17.5 Å². The topological polar surface area (TPSA) is 75.4 Å². The quantitative estimate of drug-likeness (QED) is 0.877. The zero-order valence-electron chi connectivity index (χ0n) is 16.4. The summed E-state index contributed by atoms with van der Waals surface area (Å²) in [4.78, 5) is 27.4. The van der Waals surface area contributed by atoms with Crippen LogP contribution < -0.4 is 5.32 Å². The molecule has 1 N–H and O–H groups in total. The summed E-state index contributed by atoms with van der Waals surface area (Å²) < 4.78 is 5.28. The largest absolute Gasteiger partial charge is 0.360 e. The van der Waals surface area contributed by atoms with Gasteiger partial charge in [-0.2, -0.15) is 0 Å². The van der Waals surface area contributed by atoms with Crippen LogP contribution in [0.4, 0.5) is 0 Å². The van der Waals surface area contributed by atoms with Crippen molar-refractivity contribution in [2.45, 2.75) is 83.2 Å². The van der Waals surface area contributed by atoms with E-state index in [1.807, 2.05) is 4.90 Å². The lowest BCUT2D eigenvalue weighted by Crippen LogP contribution is -2.52. The summed E-state index contributed by atoms with van der Waals surface area (Å²) >= 11 is 0. The molecule has 1 saturated heterocycles. The van der Waals surface area contributed by atoms with E-state index in [1.165, 1.54) is 0 Å². The van der Waals surface area contributed by atoms with Crippen LogP contribution in [0, 0.1) is 11.8 Å². The van der Waals surface area contributed by atoms with Crippen molar-refractivity contribution in [1.29, 1.82) is 0 Å². The lowest BCUT2D eigenvalue weighted by molar-refractivity contribution is -0.140. The first-order valence-corrected chi connectivity index (χ1v) is 10.6. The summed E-state index contributed by atoms with van der Waals surface area (Å²) in [5.74, 6) is 2.40. The highest BCUT2D eigenvalue weighted by Gasteiger charge is 2.35. The molecule has 2 saturated carbocycles. The molecule has 148 valence electrons. The fourth-order valence-electron chi connectivity index (χ4n) is 4.59. The van der Waals surface area contributed by atoms with Gasteiger partial charge in [0.15, 0.2) is 5.69 Å². The molecule has 27 heavy (non-hydrogen) atoms. The fraction of sp³-hybridized carbons (Fsp3) is 0.762. The zero-order valence-corrected chi connectivity index (χ0v) is 16.4. The Hall–Kier alpha value is -1.85. The van der Waals surface area contributed by atoms with Gasteiger partial charge in [-0.05, 0) is 64.2 Å². The van der Waals surface area contributed by atoms with Crippen LogP contribution in [0.2, 0.25) is 0 Å². The third kappa shape index (κ3) is 4.19. The summed E-state index contributed by atoms with van der Waals surface area (Å²) in [7, 11) is 0. The standard InChI is InChI=1S/C21H31N3O3/c1-13-3-5-16(6-4-13)21(26)24-10-9-17(11-14(24)2)22-20(25)18-12-19(27-23-18)15-7-8-15/h12-17H,3-11H2,1-2H3,(H,22,25)/t13?,14-,16?,17+/m1/s1. The van der Waals surface area contributed by atoms with Gasteiger partial charge in [0.2, 0.25) is 5.91 Å². The molecule has 6 nitrogen and oxygen atoms in total. The van der Waals surface area contributed by atoms with E-state index >= 15 is 0 Å². The van der Waals surface area contributed by atoms with E-state index < -0.39 is 0 Å². The van der Waals surface area contributed by atoms with Crippen LogP contribution in [-0.2, 0) is 4.79 Å². The Morgan fingerprint density at radius 2 is 1.85 bits per heavy atom. The van der Waals surface area contributed by atoms with E-state index in [1.54, 1.807) is 6.07 Å². The average Bonchev–Trinajstić information content (AvgIpc) is 3.38. The normalized spacial score (nSPS) is 31.6. The third-order valence-corrected chi connectivity index (χ3v) is 6.60. The number of aromatic nitrogens is 1. The summed E-state index contributed by atoms with van der Waals surface area (Å²) in [5.41, 5.74) is 0.374. The minimum atomic E-state index is -0.163. The minimum absolute atomic E-state index is 0.0870. The number of hydrogen-bond acceptors (Lipinski definition) is 4. The Balaban J connectivity index is 1.28. The summed E-state index contributed by atoms with van der Waals surface area (Å²) in [6, 6.07) is 2.03. The molecule has 0 radical (unpaired) electrons. The van der Waals surface area contributed by atoms with Gasteiger partial charge >= 0.3 is 0 Å². The highest BCUT2D eigenvalue weighted by molar-refractivity contribution is 5.92. The number of carbonyl (C=O) groups excluding carboxylic acids is 2. The van der Waals surface area contributed by atoms with Crippen LogP contribution in [0.15, 0.2) is 10.6 Å².